The van der Waals surface area contributed by atoms with Crippen molar-refractivity contribution in [1.82, 2.24) is 4.90 Å². The van der Waals surface area contributed by atoms with Crippen molar-refractivity contribution in [1.29, 1.82) is 0 Å². The summed E-state index contributed by atoms with van der Waals surface area (Å²) in [5.41, 5.74) is 7.81. The van der Waals surface area contributed by atoms with Crippen LogP contribution in [0.1, 0.15) is 40.7 Å². The molecule has 1 aromatic rings. The van der Waals surface area contributed by atoms with E-state index < -0.39 is 0 Å². The van der Waals surface area contributed by atoms with Gasteiger partial charge >= 0.3 is 0 Å². The highest BCUT2D eigenvalue weighted by molar-refractivity contribution is 5.96. The first kappa shape index (κ1) is 17.2. The molecule has 0 aliphatic heterocycles. The summed E-state index contributed by atoms with van der Waals surface area (Å²) >= 11 is 0. The van der Waals surface area contributed by atoms with E-state index in [1.807, 2.05) is 25.1 Å². The number of nitrogens with zero attached hydrogens (tertiary/aromatic N) is 1. The molecule has 1 amide bonds. The molecule has 0 atom stereocenters. The molecule has 3 N–H and O–H groups in total. The van der Waals surface area contributed by atoms with Gasteiger partial charge in [-0.05, 0) is 43.9 Å². The monoisotopic (exact) mass is 288 g/mol. The molecule has 1 rings (SSSR count). The molecule has 0 aliphatic rings. The van der Waals surface area contributed by atoms with Gasteiger partial charge in [-0.1, -0.05) is 17.9 Å². The topological polar surface area (TPSA) is 66.6 Å². The molecule has 1 aromatic carbocycles. The fraction of sp³-hybridized carbons (Fsp3) is 0.471. The van der Waals surface area contributed by atoms with Crippen molar-refractivity contribution in [3.8, 4) is 11.8 Å². The van der Waals surface area contributed by atoms with Gasteiger partial charge in [-0.15, -0.1) is 0 Å². The number of hydrogen-bond acceptors (Lipinski definition) is 3. The number of carbonyl (C=O) groups excluding carboxylic acids is 1. The fourth-order valence-corrected chi connectivity index (χ4v) is 2.09. The highest BCUT2D eigenvalue weighted by atomic mass is 16.2. The molecule has 0 saturated carbocycles. The highest BCUT2D eigenvalue weighted by Gasteiger charge is 2.14. The van der Waals surface area contributed by atoms with Gasteiger partial charge in [0.05, 0.1) is 6.54 Å². The van der Waals surface area contributed by atoms with E-state index in [1.165, 1.54) is 0 Å². The van der Waals surface area contributed by atoms with Gasteiger partial charge in [0.25, 0.3) is 5.91 Å². The average Bonchev–Trinajstić information content (AvgIpc) is 2.49. The second-order valence-electron chi connectivity index (χ2n) is 5.00. The smallest absolute Gasteiger partial charge is 0.253 e. The summed E-state index contributed by atoms with van der Waals surface area (Å²) in [7, 11) is 1.80. The number of aliphatic hydroxyl groups excluding tert-OH is 1. The fourth-order valence-electron chi connectivity index (χ4n) is 2.09. The van der Waals surface area contributed by atoms with E-state index in [0.717, 1.165) is 30.4 Å². The van der Waals surface area contributed by atoms with Crippen molar-refractivity contribution in [2.24, 2.45) is 5.73 Å². The largest absolute Gasteiger partial charge is 0.396 e. The summed E-state index contributed by atoms with van der Waals surface area (Å²) in [5.74, 6) is 5.82. The Morgan fingerprint density at radius 3 is 2.76 bits per heavy atom. The van der Waals surface area contributed by atoms with Gasteiger partial charge in [-0.2, -0.15) is 0 Å². The van der Waals surface area contributed by atoms with Crippen LogP contribution in [0, 0.1) is 18.8 Å². The van der Waals surface area contributed by atoms with Crippen LogP contribution in [0.2, 0.25) is 0 Å². The predicted octanol–water partition coefficient (Wildman–Crippen LogP) is 1.54. The molecule has 0 saturated heterocycles. The highest BCUT2D eigenvalue weighted by Crippen LogP contribution is 2.15. The number of amides is 1. The first-order valence-corrected chi connectivity index (χ1v) is 7.26. The van der Waals surface area contributed by atoms with Crippen LogP contribution >= 0.6 is 0 Å². The molecule has 0 aromatic heterocycles. The van der Waals surface area contributed by atoms with Gasteiger partial charge in [0, 0.05) is 31.3 Å². The van der Waals surface area contributed by atoms with Crippen LogP contribution in [-0.4, -0.2) is 42.7 Å². The van der Waals surface area contributed by atoms with E-state index in [0.29, 0.717) is 18.7 Å². The van der Waals surface area contributed by atoms with Gasteiger partial charge in [-0.25, -0.2) is 0 Å². The maximum Gasteiger partial charge on any atom is 0.253 e. The molecule has 21 heavy (non-hydrogen) atoms. The minimum Gasteiger partial charge on any atom is -0.396 e. The lowest BCUT2D eigenvalue weighted by Gasteiger charge is -2.18. The van der Waals surface area contributed by atoms with Crippen molar-refractivity contribution < 1.29 is 9.90 Å². The van der Waals surface area contributed by atoms with E-state index in [9.17, 15) is 4.79 Å². The number of unbranched alkanes of at least 4 members (excludes halogenated alkanes) is 2. The summed E-state index contributed by atoms with van der Waals surface area (Å²) in [4.78, 5) is 14.2. The molecule has 0 spiro atoms. The minimum absolute atomic E-state index is 0.00731. The molecule has 0 bridgehead atoms. The standard InChI is InChI=1S/C17H24N2O2/c1-14-15(9-7-11-18)8-6-10-16(14)17(21)19(2)12-4-3-5-13-20/h6,8,10,20H,3-5,11-13,18H2,1-2H3. The summed E-state index contributed by atoms with van der Waals surface area (Å²) < 4.78 is 0. The Bertz CT molecular complexity index is 529. The SMILES string of the molecule is Cc1c(C#CCN)cccc1C(=O)N(C)CCCCCO. The van der Waals surface area contributed by atoms with E-state index in [-0.39, 0.29) is 12.5 Å². The maximum atomic E-state index is 12.5. The number of carbonyl (C=O) groups is 1. The lowest BCUT2D eigenvalue weighted by Crippen LogP contribution is -2.28. The molecule has 0 aliphatic carbocycles. The van der Waals surface area contributed by atoms with Gasteiger partial charge in [-0.3, -0.25) is 4.79 Å². The Morgan fingerprint density at radius 1 is 1.33 bits per heavy atom. The number of nitrogens with two attached hydrogens (primary N) is 1. The lowest BCUT2D eigenvalue weighted by atomic mass is 10.0. The van der Waals surface area contributed by atoms with Crippen LogP contribution < -0.4 is 5.73 Å². The van der Waals surface area contributed by atoms with Crippen molar-refractivity contribution >= 4 is 5.91 Å². The van der Waals surface area contributed by atoms with E-state index in [2.05, 4.69) is 11.8 Å². The first-order chi connectivity index (χ1) is 10.1. The summed E-state index contributed by atoms with van der Waals surface area (Å²) in [6, 6.07) is 5.58. The zero-order chi connectivity index (χ0) is 15.7. The Hall–Kier alpha value is -1.83. The molecule has 4 nitrogen and oxygen atoms in total. The second-order valence-corrected chi connectivity index (χ2v) is 5.00. The molecule has 114 valence electrons. The number of hydrogen-bond donors (Lipinski definition) is 2. The average molecular weight is 288 g/mol. The number of aliphatic hydroxyl groups is 1. The van der Waals surface area contributed by atoms with Gasteiger partial charge < -0.3 is 15.7 Å². The molecule has 0 fully saturated rings. The van der Waals surface area contributed by atoms with Crippen molar-refractivity contribution in [2.45, 2.75) is 26.2 Å². The first-order valence-electron chi connectivity index (χ1n) is 7.26. The van der Waals surface area contributed by atoms with Crippen molar-refractivity contribution in [2.75, 3.05) is 26.7 Å². The van der Waals surface area contributed by atoms with Gasteiger partial charge in [0.1, 0.15) is 0 Å². The van der Waals surface area contributed by atoms with Gasteiger partial charge in [0.2, 0.25) is 0 Å². The zero-order valence-corrected chi connectivity index (χ0v) is 12.9. The van der Waals surface area contributed by atoms with Crippen LogP contribution in [-0.2, 0) is 0 Å². The Kier molecular flexibility index (Phi) is 7.52. The summed E-state index contributed by atoms with van der Waals surface area (Å²) in [6.45, 7) is 3.12. The summed E-state index contributed by atoms with van der Waals surface area (Å²) in [6.07, 6.45) is 2.61. The third kappa shape index (κ3) is 5.22. The van der Waals surface area contributed by atoms with E-state index >= 15 is 0 Å². The molecule has 0 unspecified atom stereocenters. The number of rotatable bonds is 6. The van der Waals surface area contributed by atoms with Gasteiger partial charge in [0.15, 0.2) is 0 Å². The zero-order valence-electron chi connectivity index (χ0n) is 12.9. The van der Waals surface area contributed by atoms with Crippen molar-refractivity contribution in [3.63, 3.8) is 0 Å². The third-order valence-electron chi connectivity index (χ3n) is 3.39. The van der Waals surface area contributed by atoms with Crippen LogP contribution in [0.25, 0.3) is 0 Å². The Labute approximate surface area is 127 Å². The minimum atomic E-state index is 0.00731. The van der Waals surface area contributed by atoms with Crippen molar-refractivity contribution in [3.05, 3.63) is 34.9 Å². The third-order valence-corrected chi connectivity index (χ3v) is 3.39. The Balaban J connectivity index is 2.77. The molecular weight excluding hydrogens is 264 g/mol. The van der Waals surface area contributed by atoms with E-state index in [4.69, 9.17) is 10.8 Å². The van der Waals surface area contributed by atoms with Crippen LogP contribution in [0.3, 0.4) is 0 Å². The lowest BCUT2D eigenvalue weighted by molar-refractivity contribution is 0.0791. The Morgan fingerprint density at radius 2 is 2.10 bits per heavy atom. The number of benzene rings is 1. The summed E-state index contributed by atoms with van der Waals surface area (Å²) in [5, 5.41) is 8.75. The van der Waals surface area contributed by atoms with Crippen LogP contribution in [0.5, 0.6) is 0 Å². The molecule has 4 heteroatoms. The quantitative estimate of drug-likeness (QED) is 0.616. The molecule has 0 heterocycles. The molecular formula is C17H24N2O2. The normalized spacial score (nSPS) is 9.90. The molecule has 0 radical (unpaired) electrons. The van der Waals surface area contributed by atoms with Crippen LogP contribution in [0.4, 0.5) is 0 Å². The second kappa shape index (κ2) is 9.17. The van der Waals surface area contributed by atoms with Crippen LogP contribution in [0.15, 0.2) is 18.2 Å². The predicted molar refractivity (Wildman–Crippen MR) is 85.0 cm³/mol. The maximum absolute atomic E-state index is 12.5. The van der Waals surface area contributed by atoms with E-state index in [1.54, 1.807) is 11.9 Å².